The summed E-state index contributed by atoms with van der Waals surface area (Å²) in [5, 5.41) is 19.6. The van der Waals surface area contributed by atoms with Crippen LogP contribution in [-0.2, 0) is 4.79 Å². The number of pyridine rings is 2. The van der Waals surface area contributed by atoms with Gasteiger partial charge in [0.1, 0.15) is 17.5 Å². The molecule has 35 heavy (non-hydrogen) atoms. The monoisotopic (exact) mass is 474 g/mol. The van der Waals surface area contributed by atoms with Gasteiger partial charge in [0.15, 0.2) is 0 Å². The van der Waals surface area contributed by atoms with E-state index < -0.39 is 5.97 Å². The number of aromatic nitrogens is 4. The van der Waals surface area contributed by atoms with Crippen LogP contribution < -0.4 is 20.9 Å². The Kier molecular flexibility index (Phi) is 6.99. The lowest BCUT2D eigenvalue weighted by Gasteiger charge is -2.29. The van der Waals surface area contributed by atoms with Gasteiger partial charge in [0.25, 0.3) is 0 Å². The van der Waals surface area contributed by atoms with Crippen molar-refractivity contribution in [1.29, 1.82) is 0 Å². The average Bonchev–Trinajstić information content (AvgIpc) is 2.90. The Hall–Kier alpha value is -3.79. The lowest BCUT2D eigenvalue weighted by molar-refractivity contribution is -0.142. The third-order valence-corrected chi connectivity index (χ3v) is 6.57. The molecule has 0 spiro atoms. The molecule has 3 aromatic heterocycles. The molecule has 10 nitrogen and oxygen atoms in total. The molecule has 0 bridgehead atoms. The molecule has 0 radical (unpaired) electrons. The Morgan fingerprint density at radius 3 is 2.57 bits per heavy atom. The Labute approximate surface area is 204 Å². The molecule has 182 valence electrons. The molecule has 1 saturated heterocycles. The molecule has 2 fully saturated rings. The second-order valence-electron chi connectivity index (χ2n) is 9.01. The summed E-state index contributed by atoms with van der Waals surface area (Å²) < 4.78 is 0. The predicted molar refractivity (Wildman–Crippen MR) is 135 cm³/mol. The first-order valence-corrected chi connectivity index (χ1v) is 12.1. The average molecular weight is 475 g/mol. The SMILES string of the molecule is O=C(O)[C@H]1CC[C@H](Nc2cc(Nc3cnccn3)nc(-c3ccnc(N4CCNCC4)c3)c2)CC1. The molecule has 1 aliphatic carbocycles. The summed E-state index contributed by atoms with van der Waals surface area (Å²) in [7, 11) is 0. The van der Waals surface area contributed by atoms with Gasteiger partial charge in [-0.25, -0.2) is 15.0 Å². The zero-order valence-corrected chi connectivity index (χ0v) is 19.5. The van der Waals surface area contributed by atoms with Crippen LogP contribution >= 0.6 is 0 Å². The fraction of sp³-hybridized carbons (Fsp3) is 0.400. The summed E-state index contributed by atoms with van der Waals surface area (Å²) in [4.78, 5) is 31.5. The predicted octanol–water partition coefficient (Wildman–Crippen LogP) is 3.14. The number of piperazine rings is 1. The Balaban J connectivity index is 1.41. The maximum Gasteiger partial charge on any atom is 0.306 e. The number of carbonyl (C=O) groups is 1. The number of aliphatic carboxylic acids is 1. The van der Waals surface area contributed by atoms with E-state index in [-0.39, 0.29) is 12.0 Å². The van der Waals surface area contributed by atoms with Crippen molar-refractivity contribution in [3.8, 4) is 11.3 Å². The maximum absolute atomic E-state index is 11.3. The molecule has 5 rings (SSSR count). The fourth-order valence-corrected chi connectivity index (χ4v) is 4.69. The summed E-state index contributed by atoms with van der Waals surface area (Å²) >= 11 is 0. The number of carboxylic acids is 1. The lowest BCUT2D eigenvalue weighted by atomic mass is 9.86. The van der Waals surface area contributed by atoms with Gasteiger partial charge >= 0.3 is 5.97 Å². The molecule has 0 amide bonds. The summed E-state index contributed by atoms with van der Waals surface area (Å²) in [6.45, 7) is 3.73. The first-order valence-electron chi connectivity index (χ1n) is 12.1. The lowest BCUT2D eigenvalue weighted by Crippen LogP contribution is -2.43. The van der Waals surface area contributed by atoms with Crippen molar-refractivity contribution in [2.24, 2.45) is 5.92 Å². The van der Waals surface area contributed by atoms with Crippen molar-refractivity contribution in [2.45, 2.75) is 31.7 Å². The molecule has 1 aliphatic heterocycles. The fourth-order valence-electron chi connectivity index (χ4n) is 4.69. The number of hydrogen-bond acceptors (Lipinski definition) is 9. The molecule has 1 saturated carbocycles. The highest BCUT2D eigenvalue weighted by Crippen LogP contribution is 2.31. The van der Waals surface area contributed by atoms with Gasteiger partial charge in [0.05, 0.1) is 17.8 Å². The summed E-state index contributed by atoms with van der Waals surface area (Å²) in [5.41, 5.74) is 2.73. The van der Waals surface area contributed by atoms with Gasteiger partial charge in [0.2, 0.25) is 0 Å². The standard InChI is InChI=1S/C25H30N8O2/c34-25(35)17-1-3-19(4-2-17)30-20-14-21(31-22(15-20)32-23-16-27-7-8-28-23)18-5-6-29-24(13-18)33-11-9-26-10-12-33/h5-8,13-17,19,26H,1-4,9-12H2,(H,34,35)(H2,28,30,31,32)/t17-,19-. The van der Waals surface area contributed by atoms with E-state index in [1.165, 1.54) is 0 Å². The molecule has 10 heteroatoms. The topological polar surface area (TPSA) is 128 Å². The highest BCUT2D eigenvalue weighted by molar-refractivity contribution is 5.72. The van der Waals surface area contributed by atoms with Gasteiger partial charge in [-0.1, -0.05) is 0 Å². The van der Waals surface area contributed by atoms with Gasteiger partial charge < -0.3 is 26.0 Å². The third-order valence-electron chi connectivity index (χ3n) is 6.57. The molecule has 4 N–H and O–H groups in total. The molecule has 2 aliphatic rings. The second-order valence-corrected chi connectivity index (χ2v) is 9.01. The molecular formula is C25H30N8O2. The van der Waals surface area contributed by atoms with Gasteiger partial charge in [-0.2, -0.15) is 0 Å². The highest BCUT2D eigenvalue weighted by atomic mass is 16.4. The third kappa shape index (κ3) is 5.83. The Bertz CT molecular complexity index is 1150. The van der Waals surface area contributed by atoms with Crippen LogP contribution in [0.2, 0.25) is 0 Å². The van der Waals surface area contributed by atoms with Crippen molar-refractivity contribution in [1.82, 2.24) is 25.3 Å². The van der Waals surface area contributed by atoms with Gasteiger partial charge in [-0.15, -0.1) is 0 Å². The quantitative estimate of drug-likeness (QED) is 0.405. The first kappa shape index (κ1) is 23.0. The Morgan fingerprint density at radius 2 is 1.83 bits per heavy atom. The smallest absolute Gasteiger partial charge is 0.306 e. The van der Waals surface area contributed by atoms with E-state index >= 15 is 0 Å². The number of nitrogens with zero attached hydrogens (tertiary/aromatic N) is 5. The molecular weight excluding hydrogens is 444 g/mol. The summed E-state index contributed by atoms with van der Waals surface area (Å²) in [5.74, 6) is 1.28. The van der Waals surface area contributed by atoms with Gasteiger partial charge in [-0.3, -0.25) is 9.78 Å². The first-order chi connectivity index (χ1) is 17.1. The zero-order valence-electron chi connectivity index (χ0n) is 19.5. The number of carboxylic acid groups (broad SMARTS) is 1. The normalized spacial score (nSPS) is 20.3. The minimum atomic E-state index is -0.692. The van der Waals surface area contributed by atoms with Crippen LogP contribution in [0.25, 0.3) is 11.3 Å². The number of nitrogens with one attached hydrogen (secondary N) is 3. The van der Waals surface area contributed by atoms with Crippen molar-refractivity contribution in [3.63, 3.8) is 0 Å². The van der Waals surface area contributed by atoms with Crippen LogP contribution in [0.3, 0.4) is 0 Å². The van der Waals surface area contributed by atoms with E-state index in [4.69, 9.17) is 4.98 Å². The maximum atomic E-state index is 11.3. The molecule has 4 heterocycles. The van der Waals surface area contributed by atoms with Crippen LogP contribution in [0.15, 0.2) is 49.1 Å². The molecule has 0 aromatic carbocycles. The minimum absolute atomic E-state index is 0.221. The van der Waals surface area contributed by atoms with Gasteiger partial charge in [-0.05, 0) is 43.9 Å². The second kappa shape index (κ2) is 10.6. The van der Waals surface area contributed by atoms with Crippen LogP contribution in [0.5, 0.6) is 0 Å². The van der Waals surface area contributed by atoms with E-state index in [9.17, 15) is 9.90 Å². The largest absolute Gasteiger partial charge is 0.481 e. The van der Waals surface area contributed by atoms with E-state index in [2.05, 4.69) is 41.9 Å². The van der Waals surface area contributed by atoms with Crippen LogP contribution in [0.4, 0.5) is 23.1 Å². The van der Waals surface area contributed by atoms with Crippen molar-refractivity contribution >= 4 is 29.1 Å². The van der Waals surface area contributed by atoms with Gasteiger partial charge in [0, 0.05) is 68.1 Å². The van der Waals surface area contributed by atoms with E-state index in [1.807, 2.05) is 24.4 Å². The molecule has 3 aromatic rings. The van der Waals surface area contributed by atoms with Crippen LogP contribution in [0, 0.1) is 5.92 Å². The minimum Gasteiger partial charge on any atom is -0.481 e. The van der Waals surface area contributed by atoms with E-state index in [1.54, 1.807) is 18.6 Å². The van der Waals surface area contributed by atoms with Crippen LogP contribution in [-0.4, -0.2) is 63.2 Å². The van der Waals surface area contributed by atoms with Crippen molar-refractivity contribution in [2.75, 3.05) is 41.7 Å². The molecule has 0 unspecified atom stereocenters. The molecule has 0 atom stereocenters. The van der Waals surface area contributed by atoms with Crippen LogP contribution in [0.1, 0.15) is 25.7 Å². The number of rotatable bonds is 7. The zero-order chi connectivity index (χ0) is 24.0. The number of anilines is 4. The van der Waals surface area contributed by atoms with Crippen molar-refractivity contribution < 1.29 is 9.90 Å². The summed E-state index contributed by atoms with van der Waals surface area (Å²) in [6, 6.07) is 8.28. The number of hydrogen-bond donors (Lipinski definition) is 4. The van der Waals surface area contributed by atoms with E-state index in [0.29, 0.717) is 24.5 Å². The summed E-state index contributed by atoms with van der Waals surface area (Å²) in [6.07, 6.45) is 9.77. The highest BCUT2D eigenvalue weighted by Gasteiger charge is 2.26. The Morgan fingerprint density at radius 1 is 1.00 bits per heavy atom. The van der Waals surface area contributed by atoms with Crippen molar-refractivity contribution in [3.05, 3.63) is 49.1 Å². The van der Waals surface area contributed by atoms with E-state index in [0.717, 1.165) is 61.8 Å².